The maximum Gasteiger partial charge on any atom is 0.196 e. The Morgan fingerprint density at radius 1 is 1.00 bits per heavy atom. The topological polar surface area (TPSA) is 104 Å². The van der Waals surface area contributed by atoms with E-state index in [1.54, 1.807) is 18.2 Å². The van der Waals surface area contributed by atoms with Crippen LogP contribution < -0.4 is 17.2 Å². The highest BCUT2D eigenvalue weighted by Gasteiger charge is 2.06. The Morgan fingerprint density at radius 2 is 1.65 bits per heavy atom. The molecule has 0 bridgehead atoms. The van der Waals surface area contributed by atoms with Gasteiger partial charge in [-0.05, 0) is 30.0 Å². The molecular formula is C10H10ClN5S. The molecule has 2 aromatic rings. The number of anilines is 3. The minimum absolute atomic E-state index is 0.326. The first-order chi connectivity index (χ1) is 8.04. The van der Waals surface area contributed by atoms with Crippen LogP contribution in [0.25, 0.3) is 0 Å². The highest BCUT2D eigenvalue weighted by molar-refractivity contribution is 7.99. The second kappa shape index (κ2) is 4.68. The molecule has 7 heteroatoms. The van der Waals surface area contributed by atoms with E-state index in [2.05, 4.69) is 9.97 Å². The number of nitrogens with zero attached hydrogens (tertiary/aromatic N) is 2. The summed E-state index contributed by atoms with van der Waals surface area (Å²) in [4.78, 5) is 8.91. The number of halogens is 1. The van der Waals surface area contributed by atoms with Crippen LogP contribution >= 0.6 is 23.4 Å². The molecule has 88 valence electrons. The fraction of sp³-hybridized carbons (Fsp3) is 0. The van der Waals surface area contributed by atoms with Crippen LogP contribution in [0.3, 0.4) is 0 Å². The first-order valence-electron chi connectivity index (χ1n) is 4.67. The van der Waals surface area contributed by atoms with Crippen LogP contribution in [0.2, 0.25) is 5.02 Å². The van der Waals surface area contributed by atoms with Crippen molar-refractivity contribution in [2.24, 2.45) is 0 Å². The average Bonchev–Trinajstić information content (AvgIpc) is 2.21. The van der Waals surface area contributed by atoms with E-state index in [4.69, 9.17) is 28.8 Å². The molecule has 0 aliphatic rings. The lowest BCUT2D eigenvalue weighted by Gasteiger charge is -2.05. The van der Waals surface area contributed by atoms with Crippen LogP contribution in [-0.4, -0.2) is 9.97 Å². The van der Waals surface area contributed by atoms with Crippen molar-refractivity contribution in [2.75, 3.05) is 17.2 Å². The van der Waals surface area contributed by atoms with Gasteiger partial charge in [-0.2, -0.15) is 0 Å². The smallest absolute Gasteiger partial charge is 0.196 e. The Labute approximate surface area is 107 Å². The summed E-state index contributed by atoms with van der Waals surface area (Å²) < 4.78 is 0. The van der Waals surface area contributed by atoms with Crippen molar-refractivity contribution in [1.29, 1.82) is 0 Å². The molecule has 0 unspecified atom stereocenters. The van der Waals surface area contributed by atoms with Crippen molar-refractivity contribution in [2.45, 2.75) is 10.1 Å². The summed E-state index contributed by atoms with van der Waals surface area (Å²) in [5, 5.41) is 1.04. The van der Waals surface area contributed by atoms with Crippen molar-refractivity contribution in [3.63, 3.8) is 0 Å². The minimum Gasteiger partial charge on any atom is -0.398 e. The summed E-state index contributed by atoms with van der Waals surface area (Å²) in [6.45, 7) is 0. The molecule has 1 heterocycles. The number of rotatable bonds is 2. The van der Waals surface area contributed by atoms with Gasteiger partial charge in [0.25, 0.3) is 0 Å². The third kappa shape index (κ3) is 2.92. The van der Waals surface area contributed by atoms with Gasteiger partial charge in [-0.1, -0.05) is 11.6 Å². The largest absolute Gasteiger partial charge is 0.398 e. The summed E-state index contributed by atoms with van der Waals surface area (Å²) in [5.74, 6) is 0.653. The minimum atomic E-state index is 0.326. The van der Waals surface area contributed by atoms with Crippen LogP contribution in [0.1, 0.15) is 0 Å². The van der Waals surface area contributed by atoms with Gasteiger partial charge < -0.3 is 17.2 Å². The lowest BCUT2D eigenvalue weighted by molar-refractivity contribution is 0.985. The fourth-order valence-corrected chi connectivity index (χ4v) is 2.21. The van der Waals surface area contributed by atoms with Crippen LogP contribution in [0, 0.1) is 0 Å². The molecule has 0 aliphatic heterocycles. The molecule has 2 rings (SSSR count). The zero-order chi connectivity index (χ0) is 12.4. The van der Waals surface area contributed by atoms with Crippen LogP contribution in [0.4, 0.5) is 17.3 Å². The van der Waals surface area contributed by atoms with E-state index in [1.807, 2.05) is 0 Å². The molecular weight excluding hydrogens is 258 g/mol. The molecule has 17 heavy (non-hydrogen) atoms. The number of aromatic nitrogens is 2. The molecule has 0 saturated carbocycles. The predicted octanol–water partition coefficient (Wildman–Crippen LogP) is 2.03. The number of benzene rings is 1. The Balaban J connectivity index is 2.31. The van der Waals surface area contributed by atoms with Gasteiger partial charge in [0.1, 0.15) is 11.6 Å². The van der Waals surface area contributed by atoms with Crippen molar-refractivity contribution in [3.8, 4) is 0 Å². The summed E-state index contributed by atoms with van der Waals surface area (Å²) in [5.41, 5.74) is 17.5. The third-order valence-electron chi connectivity index (χ3n) is 1.92. The summed E-state index contributed by atoms with van der Waals surface area (Å²) in [6.07, 6.45) is 0. The predicted molar refractivity (Wildman–Crippen MR) is 70.8 cm³/mol. The summed E-state index contributed by atoms with van der Waals surface area (Å²) >= 11 is 7.10. The highest BCUT2D eigenvalue weighted by Crippen LogP contribution is 2.32. The molecule has 0 amide bonds. The molecule has 0 spiro atoms. The Kier molecular flexibility index (Phi) is 3.26. The standard InChI is InChI=1S/C10H10ClN5S/c11-5-1-2-7(6(12)3-5)17-10-15-8(13)4-9(14)16-10/h1-4H,12H2,(H4,13,14,15,16). The normalized spacial score (nSPS) is 10.4. The van der Waals surface area contributed by atoms with Crippen molar-refractivity contribution in [3.05, 3.63) is 29.3 Å². The average molecular weight is 268 g/mol. The second-order valence-corrected chi connectivity index (χ2v) is 4.73. The van der Waals surface area contributed by atoms with E-state index in [-0.39, 0.29) is 0 Å². The van der Waals surface area contributed by atoms with Gasteiger partial charge in [0, 0.05) is 21.7 Å². The zero-order valence-corrected chi connectivity index (χ0v) is 10.3. The molecule has 0 fully saturated rings. The molecule has 5 nitrogen and oxygen atoms in total. The first-order valence-corrected chi connectivity index (χ1v) is 5.87. The molecule has 1 aromatic carbocycles. The van der Waals surface area contributed by atoms with Gasteiger partial charge in [0.15, 0.2) is 5.16 Å². The van der Waals surface area contributed by atoms with Crippen LogP contribution in [0.15, 0.2) is 34.3 Å². The van der Waals surface area contributed by atoms with Crippen molar-refractivity contribution < 1.29 is 0 Å². The molecule has 0 radical (unpaired) electrons. The van der Waals surface area contributed by atoms with Crippen LogP contribution in [0.5, 0.6) is 0 Å². The van der Waals surface area contributed by atoms with E-state index in [0.29, 0.717) is 27.5 Å². The molecule has 0 aliphatic carbocycles. The van der Waals surface area contributed by atoms with Crippen molar-refractivity contribution in [1.82, 2.24) is 9.97 Å². The van der Waals surface area contributed by atoms with E-state index < -0.39 is 0 Å². The number of nitrogen functional groups attached to an aromatic ring is 3. The quantitative estimate of drug-likeness (QED) is 0.568. The number of hydrogen-bond acceptors (Lipinski definition) is 6. The SMILES string of the molecule is Nc1cc(N)nc(Sc2ccc(Cl)cc2N)n1. The molecule has 6 N–H and O–H groups in total. The van der Waals surface area contributed by atoms with Gasteiger partial charge in [-0.25, -0.2) is 9.97 Å². The number of nitrogens with two attached hydrogens (primary N) is 3. The van der Waals surface area contributed by atoms with E-state index >= 15 is 0 Å². The zero-order valence-electron chi connectivity index (χ0n) is 8.72. The Bertz CT molecular complexity index is 540. The third-order valence-corrected chi connectivity index (χ3v) is 3.11. The Morgan fingerprint density at radius 3 is 2.24 bits per heavy atom. The fourth-order valence-electron chi connectivity index (χ4n) is 1.22. The van der Waals surface area contributed by atoms with Gasteiger partial charge in [-0.15, -0.1) is 0 Å². The van der Waals surface area contributed by atoms with Gasteiger partial charge >= 0.3 is 0 Å². The summed E-state index contributed by atoms with van der Waals surface area (Å²) in [6, 6.07) is 6.70. The van der Waals surface area contributed by atoms with Gasteiger partial charge in [-0.3, -0.25) is 0 Å². The highest BCUT2D eigenvalue weighted by atomic mass is 35.5. The van der Waals surface area contributed by atoms with Gasteiger partial charge in [0.05, 0.1) is 0 Å². The molecule has 0 atom stereocenters. The lowest BCUT2D eigenvalue weighted by atomic mass is 10.3. The summed E-state index contributed by atoms with van der Waals surface area (Å²) in [7, 11) is 0. The van der Waals surface area contributed by atoms with E-state index in [1.165, 1.54) is 17.8 Å². The number of hydrogen-bond donors (Lipinski definition) is 3. The van der Waals surface area contributed by atoms with Gasteiger partial charge in [0.2, 0.25) is 0 Å². The van der Waals surface area contributed by atoms with Crippen LogP contribution in [-0.2, 0) is 0 Å². The molecule has 0 saturated heterocycles. The van der Waals surface area contributed by atoms with E-state index in [9.17, 15) is 0 Å². The van der Waals surface area contributed by atoms with Crippen molar-refractivity contribution >= 4 is 40.7 Å². The maximum atomic E-state index is 5.82. The maximum absolute atomic E-state index is 5.82. The van der Waals surface area contributed by atoms with E-state index in [0.717, 1.165) is 4.90 Å². The Hall–Kier alpha value is -1.66. The molecule has 1 aromatic heterocycles. The lowest BCUT2D eigenvalue weighted by Crippen LogP contribution is -1.99. The first kappa shape index (κ1) is 11.8. The second-order valence-electron chi connectivity index (χ2n) is 3.28. The monoisotopic (exact) mass is 267 g/mol.